The third kappa shape index (κ3) is 46.6. The Kier molecular flexibility index (Phi) is 53.4. The first kappa shape index (κ1) is 38.4. The molecule has 0 heterocycles. The second-order valence-electron chi connectivity index (χ2n) is 5.08. The molecule has 0 aromatic carbocycles. The number of hydrogen-bond donors (Lipinski definition) is 4. The Hall–Kier alpha value is 0.820. The van der Waals surface area contributed by atoms with Crippen LogP contribution in [0.25, 0.3) is 0 Å². The molecule has 0 bridgehead atoms. The Bertz CT molecular complexity index is 185. The summed E-state index contributed by atoms with van der Waals surface area (Å²) < 4.78 is 16.2. The van der Waals surface area contributed by atoms with Crippen LogP contribution in [-0.4, -0.2) is 68.8 Å². The summed E-state index contributed by atoms with van der Waals surface area (Å²) in [6, 6.07) is 0. The number of unbranched alkanes of at least 4 members (excludes halogenated alkanes) is 3. The van der Waals surface area contributed by atoms with Crippen LogP contribution in [0.3, 0.4) is 0 Å². The summed E-state index contributed by atoms with van der Waals surface area (Å²) in [5.74, 6) is 0. The van der Waals surface area contributed by atoms with Gasteiger partial charge in [-0.1, -0.05) is 40.0 Å². The first-order valence-electron chi connectivity index (χ1n) is 9.89. The molecule has 0 aliphatic heterocycles. The molecule has 9 heteroatoms. The van der Waals surface area contributed by atoms with Gasteiger partial charge in [-0.15, -0.1) is 0 Å². The summed E-state index contributed by atoms with van der Waals surface area (Å²) in [7, 11) is -3.36. The number of aliphatic hydroxyl groups is 3. The van der Waals surface area contributed by atoms with Gasteiger partial charge in [-0.3, -0.25) is 0 Å². The van der Waals surface area contributed by atoms with E-state index in [9.17, 15) is 4.80 Å². The Labute approximate surface area is 188 Å². The van der Waals surface area contributed by atoms with Crippen LogP contribution in [0.4, 0.5) is 0 Å². The molecule has 0 atom stereocenters. The minimum absolute atomic E-state index is 0. The molecule has 0 radical (unpaired) electrons. The molecule has 0 fully saturated rings. The fourth-order valence-corrected chi connectivity index (χ4v) is 2.62. The van der Waals surface area contributed by atoms with Gasteiger partial charge in [0.25, 0.3) is 0 Å². The standard InChI is InChI=1S/C12H28O4Si.3C2H6O.Zr/c1-4-7-10-14-17(13,15-11-8-5-2)16-12-9-6-3;3*1-2-3;/h13H,4-12H2,1-3H3;3*3H,2H2,1H3;. The maximum atomic E-state index is 10.2. The minimum atomic E-state index is -3.36. The molecule has 0 unspecified atom stereocenters. The van der Waals surface area contributed by atoms with Gasteiger partial charge in [-0.25, -0.2) is 0 Å². The van der Waals surface area contributed by atoms with E-state index in [1.807, 2.05) is 0 Å². The van der Waals surface area contributed by atoms with Gasteiger partial charge < -0.3 is 33.4 Å². The van der Waals surface area contributed by atoms with Crippen molar-refractivity contribution in [3.8, 4) is 0 Å². The predicted octanol–water partition coefficient (Wildman–Crippen LogP) is 2.86. The summed E-state index contributed by atoms with van der Waals surface area (Å²) in [5, 5.41) is 22.7. The zero-order valence-corrected chi connectivity index (χ0v) is 22.0. The van der Waals surface area contributed by atoms with Crippen molar-refractivity contribution >= 4 is 9.05 Å². The molecule has 27 heavy (non-hydrogen) atoms. The molecule has 0 rings (SSSR count). The van der Waals surface area contributed by atoms with Gasteiger partial charge in [0.05, 0.1) is 0 Å². The molecular formula is C18H46O7SiZr. The van der Waals surface area contributed by atoms with Crippen LogP contribution in [-0.2, 0) is 39.5 Å². The molecule has 168 valence electrons. The number of rotatable bonds is 12. The van der Waals surface area contributed by atoms with Crippen molar-refractivity contribution < 1.29 is 59.6 Å². The first-order valence-corrected chi connectivity index (χ1v) is 11.6. The molecule has 0 aromatic rings. The first-order chi connectivity index (χ1) is 12.4. The number of aliphatic hydroxyl groups excluding tert-OH is 3. The Morgan fingerprint density at radius 2 is 0.741 bits per heavy atom. The van der Waals surface area contributed by atoms with Crippen LogP contribution >= 0.6 is 0 Å². The van der Waals surface area contributed by atoms with Crippen molar-refractivity contribution in [3.63, 3.8) is 0 Å². The van der Waals surface area contributed by atoms with Gasteiger partial charge in [0.1, 0.15) is 0 Å². The third-order valence-corrected chi connectivity index (χ3v) is 4.05. The second-order valence-corrected chi connectivity index (χ2v) is 6.99. The van der Waals surface area contributed by atoms with Crippen molar-refractivity contribution in [2.45, 2.75) is 80.1 Å². The SMILES string of the molecule is CCCCO[Si](O)(OCCCC)OCCCC.CCO.CCO.CCO.[Zr]. The zero-order chi connectivity index (χ0) is 21.1. The van der Waals surface area contributed by atoms with Crippen molar-refractivity contribution in [2.75, 3.05) is 39.6 Å². The average molecular weight is 494 g/mol. The smallest absolute Gasteiger partial charge is 0.397 e. The summed E-state index contributed by atoms with van der Waals surface area (Å²) >= 11 is 0. The minimum Gasteiger partial charge on any atom is -0.397 e. The van der Waals surface area contributed by atoms with E-state index in [4.69, 9.17) is 28.6 Å². The van der Waals surface area contributed by atoms with Gasteiger partial charge in [-0.2, -0.15) is 0 Å². The monoisotopic (exact) mass is 492 g/mol. The summed E-state index contributed by atoms with van der Waals surface area (Å²) in [4.78, 5) is 10.2. The number of hydrogen-bond acceptors (Lipinski definition) is 7. The maximum absolute atomic E-state index is 10.2. The van der Waals surface area contributed by atoms with Gasteiger partial charge in [0.15, 0.2) is 0 Å². The molecule has 0 saturated carbocycles. The molecule has 0 aliphatic rings. The molecular weight excluding hydrogens is 448 g/mol. The van der Waals surface area contributed by atoms with Crippen molar-refractivity contribution in [1.29, 1.82) is 0 Å². The largest absolute Gasteiger partial charge is 0.676 e. The van der Waals surface area contributed by atoms with Crippen LogP contribution < -0.4 is 0 Å². The fourth-order valence-electron chi connectivity index (χ4n) is 1.16. The molecule has 0 aromatic heterocycles. The van der Waals surface area contributed by atoms with Gasteiger partial charge in [-0.05, 0) is 40.0 Å². The molecule has 0 saturated heterocycles. The Morgan fingerprint density at radius 3 is 0.889 bits per heavy atom. The molecule has 0 spiro atoms. The van der Waals surface area contributed by atoms with Crippen molar-refractivity contribution in [3.05, 3.63) is 0 Å². The van der Waals surface area contributed by atoms with Gasteiger partial charge in [0.2, 0.25) is 0 Å². The summed E-state index contributed by atoms with van der Waals surface area (Å²) in [6.07, 6.45) is 5.87. The molecule has 7 nitrogen and oxygen atoms in total. The quantitative estimate of drug-likeness (QED) is 0.244. The summed E-state index contributed by atoms with van der Waals surface area (Å²) in [5.41, 5.74) is 0. The van der Waals surface area contributed by atoms with E-state index in [1.165, 1.54) is 0 Å². The van der Waals surface area contributed by atoms with E-state index >= 15 is 0 Å². The van der Waals surface area contributed by atoms with Crippen LogP contribution in [0.15, 0.2) is 0 Å². The molecule has 0 amide bonds. The van der Waals surface area contributed by atoms with Crippen LogP contribution in [0.1, 0.15) is 80.1 Å². The predicted molar refractivity (Wildman–Crippen MR) is 109 cm³/mol. The Balaban J connectivity index is -0.000000136. The second kappa shape index (κ2) is 37.6. The maximum Gasteiger partial charge on any atom is 0.676 e. The topological polar surface area (TPSA) is 109 Å². The van der Waals surface area contributed by atoms with Crippen molar-refractivity contribution in [2.24, 2.45) is 0 Å². The van der Waals surface area contributed by atoms with E-state index in [1.54, 1.807) is 20.8 Å². The van der Waals surface area contributed by atoms with E-state index in [2.05, 4.69) is 20.8 Å². The van der Waals surface area contributed by atoms with Gasteiger partial charge in [0, 0.05) is 65.8 Å². The average Bonchev–Trinajstić information content (AvgIpc) is 2.58. The molecule has 4 N–H and O–H groups in total. The van der Waals surface area contributed by atoms with Crippen LogP contribution in [0.5, 0.6) is 0 Å². The summed E-state index contributed by atoms with van der Waals surface area (Å²) in [6.45, 7) is 13.6. The van der Waals surface area contributed by atoms with E-state index in [0.717, 1.165) is 38.5 Å². The van der Waals surface area contributed by atoms with E-state index in [-0.39, 0.29) is 46.0 Å². The van der Waals surface area contributed by atoms with Crippen molar-refractivity contribution in [1.82, 2.24) is 0 Å². The van der Waals surface area contributed by atoms with Crippen LogP contribution in [0.2, 0.25) is 0 Å². The van der Waals surface area contributed by atoms with Crippen LogP contribution in [0, 0.1) is 0 Å². The zero-order valence-electron chi connectivity index (χ0n) is 18.5. The van der Waals surface area contributed by atoms with E-state index < -0.39 is 9.05 Å². The van der Waals surface area contributed by atoms with Gasteiger partial charge >= 0.3 is 9.05 Å². The third-order valence-electron chi connectivity index (χ3n) is 2.35. The Morgan fingerprint density at radius 1 is 0.556 bits per heavy atom. The van der Waals surface area contributed by atoms with E-state index in [0.29, 0.717) is 19.8 Å². The normalized spacial score (nSPS) is 9.56. The fraction of sp³-hybridized carbons (Fsp3) is 1.00. The molecule has 0 aliphatic carbocycles.